The maximum Gasteiger partial charge on any atom is 0.315 e. The van der Waals surface area contributed by atoms with E-state index < -0.39 is 0 Å². The summed E-state index contributed by atoms with van der Waals surface area (Å²) in [5.41, 5.74) is 5.10. The summed E-state index contributed by atoms with van der Waals surface area (Å²) in [5.74, 6) is 0.000842. The van der Waals surface area contributed by atoms with Gasteiger partial charge in [-0.2, -0.15) is 0 Å². The van der Waals surface area contributed by atoms with Crippen LogP contribution in [0.2, 0.25) is 0 Å². The van der Waals surface area contributed by atoms with Crippen molar-refractivity contribution in [1.82, 2.24) is 10.6 Å². The van der Waals surface area contributed by atoms with E-state index in [1.165, 1.54) is 0 Å². The second kappa shape index (κ2) is 5.58. The minimum Gasteiger partial charge on any atom is -0.386 e. The molecule has 0 aliphatic heterocycles. The zero-order chi connectivity index (χ0) is 12.1. The molecule has 0 aromatic rings. The first-order valence-electron chi connectivity index (χ1n) is 5.19. The summed E-state index contributed by atoms with van der Waals surface area (Å²) in [6, 6.07) is -0.645. The van der Waals surface area contributed by atoms with E-state index in [1.807, 2.05) is 27.7 Å². The van der Waals surface area contributed by atoms with Crippen molar-refractivity contribution in [3.05, 3.63) is 0 Å². The van der Waals surface area contributed by atoms with Crippen molar-refractivity contribution in [3.63, 3.8) is 0 Å². The number of amides is 2. The molecule has 0 radical (unpaired) electrons. The third-order valence-corrected chi connectivity index (χ3v) is 1.75. The Labute approximate surface area is 91.3 Å². The number of nitrogens with two attached hydrogens (primary N) is 1. The number of amidine groups is 1. The van der Waals surface area contributed by atoms with Crippen LogP contribution in [-0.4, -0.2) is 23.4 Å². The van der Waals surface area contributed by atoms with Gasteiger partial charge in [-0.15, -0.1) is 0 Å². The highest BCUT2D eigenvalue weighted by atomic mass is 16.2. The average molecular weight is 214 g/mol. The molecule has 0 rings (SSSR count). The predicted molar refractivity (Wildman–Crippen MR) is 62.0 cm³/mol. The largest absolute Gasteiger partial charge is 0.386 e. The minimum absolute atomic E-state index is 0.000842. The molecule has 0 aliphatic carbocycles. The highest BCUT2D eigenvalue weighted by Gasteiger charge is 2.18. The average Bonchev–Trinajstić information content (AvgIpc) is 1.99. The number of carbonyl (C=O) groups excluding carboxylic acids is 1. The number of rotatable bonds is 4. The summed E-state index contributed by atoms with van der Waals surface area (Å²) in [4.78, 5) is 11.5. The fraction of sp³-hybridized carbons (Fsp3) is 0.800. The molecule has 1 unspecified atom stereocenters. The van der Waals surface area contributed by atoms with Gasteiger partial charge in [0.2, 0.25) is 0 Å². The van der Waals surface area contributed by atoms with Crippen LogP contribution < -0.4 is 16.4 Å². The Morgan fingerprint density at radius 3 is 2.33 bits per heavy atom. The van der Waals surface area contributed by atoms with Crippen LogP contribution in [0.15, 0.2) is 0 Å². The van der Waals surface area contributed by atoms with Crippen molar-refractivity contribution in [2.24, 2.45) is 5.73 Å². The molecule has 0 aromatic heterocycles. The molecular formula is C10H22N4O. The van der Waals surface area contributed by atoms with Crippen LogP contribution >= 0.6 is 0 Å². The molecule has 0 bridgehead atoms. The second-order valence-corrected chi connectivity index (χ2v) is 4.65. The molecule has 0 aromatic carbocycles. The van der Waals surface area contributed by atoms with Crippen LogP contribution in [0.4, 0.5) is 4.79 Å². The standard InChI is InChI=1S/C10H22N4O/c1-5-6-7(8(11)12)13-9(15)14-10(2,3)4/h7H,5-6H2,1-4H3,(H3,11,12)(H2,13,14,15). The molecule has 0 aliphatic rings. The van der Waals surface area contributed by atoms with Gasteiger partial charge in [-0.25, -0.2) is 4.79 Å². The van der Waals surface area contributed by atoms with Gasteiger partial charge in [0.05, 0.1) is 6.04 Å². The van der Waals surface area contributed by atoms with Crippen LogP contribution in [0.25, 0.3) is 0 Å². The van der Waals surface area contributed by atoms with Crippen molar-refractivity contribution in [1.29, 1.82) is 5.41 Å². The number of hydrogen-bond acceptors (Lipinski definition) is 2. The first kappa shape index (κ1) is 13.7. The molecule has 1 atom stereocenters. The summed E-state index contributed by atoms with van der Waals surface area (Å²) >= 11 is 0. The molecule has 0 fully saturated rings. The van der Waals surface area contributed by atoms with Gasteiger partial charge in [0.25, 0.3) is 0 Å². The second-order valence-electron chi connectivity index (χ2n) is 4.65. The summed E-state index contributed by atoms with van der Waals surface area (Å²) in [7, 11) is 0. The monoisotopic (exact) mass is 214 g/mol. The number of urea groups is 1. The predicted octanol–water partition coefficient (Wildman–Crippen LogP) is 1.19. The van der Waals surface area contributed by atoms with Crippen molar-refractivity contribution >= 4 is 11.9 Å². The molecule has 2 amide bonds. The van der Waals surface area contributed by atoms with E-state index >= 15 is 0 Å². The highest BCUT2D eigenvalue weighted by molar-refractivity contribution is 5.87. The maximum absolute atomic E-state index is 11.5. The van der Waals surface area contributed by atoms with Gasteiger partial charge in [0.15, 0.2) is 0 Å². The number of carbonyl (C=O) groups is 1. The van der Waals surface area contributed by atoms with E-state index in [9.17, 15) is 4.79 Å². The Morgan fingerprint density at radius 2 is 2.00 bits per heavy atom. The van der Waals surface area contributed by atoms with Gasteiger partial charge in [0, 0.05) is 5.54 Å². The molecular weight excluding hydrogens is 192 g/mol. The zero-order valence-corrected chi connectivity index (χ0v) is 9.98. The van der Waals surface area contributed by atoms with Gasteiger partial charge < -0.3 is 16.4 Å². The molecule has 15 heavy (non-hydrogen) atoms. The van der Waals surface area contributed by atoms with Crippen molar-refractivity contribution in [2.45, 2.75) is 52.1 Å². The fourth-order valence-corrected chi connectivity index (χ4v) is 1.13. The van der Waals surface area contributed by atoms with Crippen LogP contribution in [-0.2, 0) is 0 Å². The van der Waals surface area contributed by atoms with Gasteiger partial charge in [-0.3, -0.25) is 5.41 Å². The molecule has 5 heteroatoms. The molecule has 0 heterocycles. The van der Waals surface area contributed by atoms with Crippen molar-refractivity contribution in [3.8, 4) is 0 Å². The van der Waals surface area contributed by atoms with Gasteiger partial charge in [0.1, 0.15) is 5.84 Å². The quantitative estimate of drug-likeness (QED) is 0.418. The Kier molecular flexibility index (Phi) is 5.11. The molecule has 5 nitrogen and oxygen atoms in total. The van der Waals surface area contributed by atoms with Gasteiger partial charge >= 0.3 is 6.03 Å². The Balaban J connectivity index is 4.18. The summed E-state index contributed by atoms with van der Waals surface area (Å²) < 4.78 is 0. The maximum atomic E-state index is 11.5. The van der Waals surface area contributed by atoms with Crippen molar-refractivity contribution < 1.29 is 4.79 Å². The van der Waals surface area contributed by atoms with Crippen LogP contribution in [0.3, 0.4) is 0 Å². The lowest BCUT2D eigenvalue weighted by molar-refractivity contribution is 0.230. The fourth-order valence-electron chi connectivity index (χ4n) is 1.13. The normalized spacial score (nSPS) is 13.1. The topological polar surface area (TPSA) is 91.0 Å². The Bertz CT molecular complexity index is 232. The van der Waals surface area contributed by atoms with E-state index in [2.05, 4.69) is 10.6 Å². The Morgan fingerprint density at radius 1 is 1.47 bits per heavy atom. The van der Waals surface area contributed by atoms with E-state index in [-0.39, 0.29) is 23.4 Å². The summed E-state index contributed by atoms with van der Waals surface area (Å²) in [6.07, 6.45) is 1.56. The molecule has 0 saturated carbocycles. The number of nitrogens with one attached hydrogen (secondary N) is 3. The summed E-state index contributed by atoms with van der Waals surface area (Å²) in [5, 5.41) is 12.7. The minimum atomic E-state index is -0.364. The lowest BCUT2D eigenvalue weighted by Crippen LogP contribution is -2.52. The van der Waals surface area contributed by atoms with Crippen molar-refractivity contribution in [2.75, 3.05) is 0 Å². The zero-order valence-electron chi connectivity index (χ0n) is 9.98. The van der Waals surface area contributed by atoms with E-state index in [1.54, 1.807) is 0 Å². The molecule has 0 spiro atoms. The smallest absolute Gasteiger partial charge is 0.315 e. The van der Waals surface area contributed by atoms with E-state index in [4.69, 9.17) is 11.1 Å². The van der Waals surface area contributed by atoms with Crippen LogP contribution in [0.1, 0.15) is 40.5 Å². The first-order chi connectivity index (χ1) is 6.76. The van der Waals surface area contributed by atoms with Crippen LogP contribution in [0, 0.1) is 5.41 Å². The highest BCUT2D eigenvalue weighted by Crippen LogP contribution is 2.00. The number of hydrogen-bond donors (Lipinski definition) is 4. The van der Waals surface area contributed by atoms with Crippen LogP contribution in [0.5, 0.6) is 0 Å². The SMILES string of the molecule is CCCC(NC(=O)NC(C)(C)C)C(=N)N. The molecule has 5 N–H and O–H groups in total. The summed E-state index contributed by atoms with van der Waals surface area (Å²) in [6.45, 7) is 7.68. The third kappa shape index (κ3) is 6.76. The third-order valence-electron chi connectivity index (χ3n) is 1.75. The van der Waals surface area contributed by atoms with Gasteiger partial charge in [-0.05, 0) is 27.2 Å². The van der Waals surface area contributed by atoms with Gasteiger partial charge in [-0.1, -0.05) is 13.3 Å². The molecule has 88 valence electrons. The first-order valence-corrected chi connectivity index (χ1v) is 5.19. The lowest BCUT2D eigenvalue weighted by Gasteiger charge is -2.23. The Hall–Kier alpha value is -1.26. The lowest BCUT2D eigenvalue weighted by atomic mass is 10.1. The molecule has 0 saturated heterocycles. The van der Waals surface area contributed by atoms with E-state index in [0.717, 1.165) is 6.42 Å². The van der Waals surface area contributed by atoms with E-state index in [0.29, 0.717) is 6.42 Å².